The smallest absolute Gasteiger partial charge is 0.756 e. The summed E-state index contributed by atoms with van der Waals surface area (Å²) in [7, 11) is -8.00. The fourth-order valence-corrected chi connectivity index (χ4v) is 2.92. The van der Waals surface area contributed by atoms with Crippen molar-refractivity contribution in [1.82, 2.24) is 0 Å². The van der Waals surface area contributed by atoms with Gasteiger partial charge in [0.25, 0.3) is 15.6 Å². The van der Waals surface area contributed by atoms with Gasteiger partial charge in [0.05, 0.1) is 26.4 Å². The first-order chi connectivity index (χ1) is 12.2. The molecule has 0 aromatic rings. The van der Waals surface area contributed by atoms with Gasteiger partial charge in [-0.3, -0.25) is 9.13 Å². The summed E-state index contributed by atoms with van der Waals surface area (Å²) in [5.74, 6) is 0. The third-order valence-electron chi connectivity index (χ3n) is 2.99. The van der Waals surface area contributed by atoms with Crippen molar-refractivity contribution in [3.05, 3.63) is 0 Å². The number of phosphoric acid groups is 2. The maximum atomic E-state index is 11.0. The molecule has 0 aromatic carbocycles. The molecule has 0 fully saturated rings. The maximum absolute atomic E-state index is 11.0. The number of rotatable bonds is 16. The molecule has 0 amide bonds. The van der Waals surface area contributed by atoms with Crippen molar-refractivity contribution in [2.45, 2.75) is 79.1 Å². The summed E-state index contributed by atoms with van der Waals surface area (Å²) in [4.78, 5) is 21.9. The normalized spacial score (nSPS) is 11.5. The second kappa shape index (κ2) is 21.7. The van der Waals surface area contributed by atoms with Crippen molar-refractivity contribution in [3.63, 3.8) is 0 Å². The fourth-order valence-electron chi connectivity index (χ4n) is 1.36. The van der Waals surface area contributed by atoms with E-state index in [2.05, 4.69) is 18.1 Å². The second-order valence-electron chi connectivity index (χ2n) is 5.64. The summed E-state index contributed by atoms with van der Waals surface area (Å²) in [6.07, 6.45) is 6.60. The van der Waals surface area contributed by atoms with Crippen LogP contribution in [0.25, 0.3) is 0 Å². The first-order valence-corrected chi connectivity index (χ1v) is 12.4. The monoisotopic (exact) mass is 442 g/mol. The zero-order valence-electron chi connectivity index (χ0n) is 17.4. The average molecular weight is 443 g/mol. The van der Waals surface area contributed by atoms with Gasteiger partial charge in [0.1, 0.15) is 0 Å². The van der Waals surface area contributed by atoms with Crippen molar-refractivity contribution >= 4 is 38.7 Å². The Labute approximate surface area is 181 Å². The molecule has 0 bridgehead atoms. The zero-order valence-corrected chi connectivity index (χ0v) is 20.6. The predicted molar refractivity (Wildman–Crippen MR) is 104 cm³/mol. The third-order valence-corrected chi connectivity index (χ3v) is 4.98. The van der Waals surface area contributed by atoms with Crippen molar-refractivity contribution in [2.75, 3.05) is 26.4 Å². The summed E-state index contributed by atoms with van der Waals surface area (Å²) >= 11 is 0. The summed E-state index contributed by atoms with van der Waals surface area (Å²) in [6.45, 7) is 8.78. The topological polar surface area (TPSA) is 117 Å². The molecule has 0 atom stereocenters. The van der Waals surface area contributed by atoms with E-state index >= 15 is 0 Å². The zero-order chi connectivity index (χ0) is 20.3. The van der Waals surface area contributed by atoms with Crippen LogP contribution in [0.15, 0.2) is 0 Å². The minimum atomic E-state index is -4.00. The van der Waals surface area contributed by atoms with E-state index in [1.54, 1.807) is 0 Å². The largest absolute Gasteiger partial charge is 2.00 e. The Kier molecular flexibility index (Phi) is 26.2. The molecule has 0 N–H and O–H groups in total. The first-order valence-electron chi connectivity index (χ1n) is 9.44. The first kappa shape index (κ1) is 32.6. The van der Waals surface area contributed by atoms with E-state index < -0.39 is 15.6 Å². The van der Waals surface area contributed by atoms with Crippen LogP contribution < -0.4 is 9.79 Å². The second-order valence-corrected chi connectivity index (χ2v) is 8.46. The van der Waals surface area contributed by atoms with E-state index in [0.717, 1.165) is 51.4 Å². The van der Waals surface area contributed by atoms with Gasteiger partial charge < -0.3 is 27.9 Å². The van der Waals surface area contributed by atoms with Crippen LogP contribution in [0.5, 0.6) is 0 Å². The van der Waals surface area contributed by atoms with Crippen molar-refractivity contribution in [3.8, 4) is 0 Å². The van der Waals surface area contributed by atoms with Crippen LogP contribution in [0.2, 0.25) is 0 Å². The van der Waals surface area contributed by atoms with Crippen molar-refractivity contribution in [1.29, 1.82) is 0 Å². The Morgan fingerprint density at radius 3 is 0.889 bits per heavy atom. The van der Waals surface area contributed by atoms with Crippen LogP contribution in [-0.2, 0) is 27.2 Å². The SMILES string of the molecule is CCCCOP(=O)([O-])OCCCC.CCCCOP(=O)([O-])OCCCC.[Mg+2]. The summed E-state index contributed by atoms with van der Waals surface area (Å²) in [5, 5.41) is 0. The molecule has 0 aliphatic carbocycles. The number of unbranched alkanes of at least 4 members (excludes halogenated alkanes) is 4. The molecule has 0 aromatic heterocycles. The van der Waals surface area contributed by atoms with E-state index in [-0.39, 0.29) is 49.5 Å². The van der Waals surface area contributed by atoms with E-state index in [9.17, 15) is 18.9 Å². The standard InChI is InChI=1S/2C8H19O4P.Mg/c2*1-3-5-7-11-13(9,10)12-8-6-4-2;/h2*3-8H2,1-2H3,(H,9,10);/q;;+2/p-2. The van der Waals surface area contributed by atoms with Gasteiger partial charge >= 0.3 is 23.1 Å². The Bertz CT molecular complexity index is 335. The predicted octanol–water partition coefficient (Wildman–Crippen LogP) is 3.80. The fraction of sp³-hybridized carbons (Fsp3) is 1.00. The van der Waals surface area contributed by atoms with Gasteiger partial charge in [-0.25, -0.2) is 0 Å². The van der Waals surface area contributed by atoms with Crippen LogP contribution in [0.4, 0.5) is 0 Å². The number of phosphoric ester groups is 2. The molecule has 0 rings (SSSR count). The Balaban J connectivity index is -0.000000411. The molecule has 0 radical (unpaired) electrons. The van der Waals surface area contributed by atoms with Crippen LogP contribution in [-0.4, -0.2) is 49.5 Å². The Morgan fingerprint density at radius 1 is 0.556 bits per heavy atom. The molecular weight excluding hydrogens is 406 g/mol. The van der Waals surface area contributed by atoms with E-state index in [1.807, 2.05) is 27.7 Å². The van der Waals surface area contributed by atoms with Crippen LogP contribution >= 0.6 is 15.6 Å². The van der Waals surface area contributed by atoms with Gasteiger partial charge in [0.2, 0.25) is 0 Å². The number of hydrogen-bond acceptors (Lipinski definition) is 8. The Hall–Kier alpha value is 0.986. The van der Waals surface area contributed by atoms with E-state index in [1.165, 1.54) is 0 Å². The molecule has 160 valence electrons. The van der Waals surface area contributed by atoms with Gasteiger partial charge in [0.15, 0.2) is 0 Å². The minimum absolute atomic E-state index is 0. The third kappa shape index (κ3) is 27.0. The molecule has 0 saturated carbocycles. The average Bonchev–Trinajstić information content (AvgIpc) is 2.56. The van der Waals surface area contributed by atoms with Gasteiger partial charge in [0, 0.05) is 0 Å². The van der Waals surface area contributed by atoms with Crippen molar-refractivity contribution in [2.24, 2.45) is 0 Å². The molecule has 27 heavy (non-hydrogen) atoms. The van der Waals surface area contributed by atoms with Crippen LogP contribution in [0.3, 0.4) is 0 Å². The summed E-state index contributed by atoms with van der Waals surface area (Å²) in [6, 6.07) is 0. The van der Waals surface area contributed by atoms with E-state index in [0.29, 0.717) is 0 Å². The van der Waals surface area contributed by atoms with Gasteiger partial charge in [-0.1, -0.05) is 53.4 Å². The molecule has 0 aliphatic rings. The molecular formula is C16H36MgO8P2. The maximum Gasteiger partial charge on any atom is 2.00 e. The van der Waals surface area contributed by atoms with Gasteiger partial charge in [-0.15, -0.1) is 0 Å². The molecule has 0 aliphatic heterocycles. The molecule has 8 nitrogen and oxygen atoms in total. The van der Waals surface area contributed by atoms with E-state index in [4.69, 9.17) is 0 Å². The summed E-state index contributed by atoms with van der Waals surface area (Å²) < 4.78 is 40.3. The van der Waals surface area contributed by atoms with Crippen LogP contribution in [0, 0.1) is 0 Å². The summed E-state index contributed by atoms with van der Waals surface area (Å²) in [5.41, 5.74) is 0. The van der Waals surface area contributed by atoms with Crippen LogP contribution in [0.1, 0.15) is 79.1 Å². The number of hydrogen-bond donors (Lipinski definition) is 0. The minimum Gasteiger partial charge on any atom is -0.756 e. The molecule has 0 saturated heterocycles. The molecule has 0 unspecified atom stereocenters. The van der Waals surface area contributed by atoms with Gasteiger partial charge in [-0.2, -0.15) is 0 Å². The Morgan fingerprint density at radius 2 is 0.741 bits per heavy atom. The quantitative estimate of drug-likeness (QED) is 0.201. The molecule has 0 spiro atoms. The molecule has 0 heterocycles. The van der Waals surface area contributed by atoms with Gasteiger partial charge in [-0.05, 0) is 25.7 Å². The van der Waals surface area contributed by atoms with Crippen molar-refractivity contribution < 1.29 is 37.0 Å². The molecule has 11 heteroatoms.